The Hall–Kier alpha value is -3.26. The second-order valence-corrected chi connectivity index (χ2v) is 7.53. The number of aromatic nitrogens is 4. The summed E-state index contributed by atoms with van der Waals surface area (Å²) in [5, 5.41) is 8.49. The van der Waals surface area contributed by atoms with Crippen LogP contribution < -0.4 is 17.1 Å². The van der Waals surface area contributed by atoms with Gasteiger partial charge in [-0.1, -0.05) is 57.0 Å². The van der Waals surface area contributed by atoms with Crippen LogP contribution in [0.4, 0.5) is 0 Å². The fraction of sp³-hybridized carbons (Fsp3) is 0.391. The maximum atomic E-state index is 5.56. The first kappa shape index (κ1) is 22.4. The predicted octanol–water partition coefficient (Wildman–Crippen LogP) is 3.16. The van der Waals surface area contributed by atoms with Crippen LogP contribution in [0.15, 0.2) is 47.7 Å². The smallest absolute Gasteiger partial charge is 0.167 e. The molecule has 0 bridgehead atoms. The van der Waals surface area contributed by atoms with Gasteiger partial charge in [0.15, 0.2) is 11.7 Å². The second-order valence-electron chi connectivity index (χ2n) is 7.53. The highest BCUT2D eigenvalue weighted by Crippen LogP contribution is 2.22. The molecule has 0 amide bonds. The molecule has 0 radical (unpaired) electrons. The van der Waals surface area contributed by atoms with Gasteiger partial charge in [0.1, 0.15) is 5.82 Å². The Morgan fingerprint density at radius 3 is 2.52 bits per heavy atom. The van der Waals surface area contributed by atoms with Crippen molar-refractivity contribution in [3.63, 3.8) is 0 Å². The van der Waals surface area contributed by atoms with E-state index in [1.54, 1.807) is 0 Å². The Bertz CT molecular complexity index is 991. The van der Waals surface area contributed by atoms with E-state index in [1.807, 2.05) is 41.2 Å². The first-order valence-electron chi connectivity index (χ1n) is 10.9. The van der Waals surface area contributed by atoms with Crippen LogP contribution in [-0.2, 0) is 19.4 Å². The van der Waals surface area contributed by atoms with Crippen LogP contribution in [0.3, 0.4) is 0 Å². The number of nitrogens with two attached hydrogens (primary N) is 2. The maximum Gasteiger partial charge on any atom is 0.167 e. The highest BCUT2D eigenvalue weighted by Gasteiger charge is 2.13. The molecule has 0 aliphatic carbocycles. The summed E-state index contributed by atoms with van der Waals surface area (Å²) in [4.78, 5) is 9.46. The number of hydrazone groups is 1. The SMILES string of the molecule is CCCCc1nc(CCCC)n(Cc2ccc(-c3ccccc3/C(=N/N)NN)nc2)n1. The third kappa shape index (κ3) is 5.67. The van der Waals surface area contributed by atoms with Crippen molar-refractivity contribution in [2.75, 3.05) is 0 Å². The third-order valence-corrected chi connectivity index (χ3v) is 5.18. The van der Waals surface area contributed by atoms with Crippen LogP contribution in [0, 0.1) is 0 Å². The standard InChI is InChI=1S/C23H32N8/c1-3-5-11-21-27-22(12-6-4-2)31(30-21)16-17-13-14-20(26-15-17)18-9-7-8-10-19(18)23(28-24)29-25/h7-10,13-15H,3-6,11-12,16,24-25H2,1-2H3,(H,28,29). The molecule has 0 atom stereocenters. The molecule has 0 saturated carbocycles. The van der Waals surface area contributed by atoms with E-state index in [-0.39, 0.29) is 0 Å². The number of unbranched alkanes of at least 4 members (excludes halogenated alkanes) is 2. The van der Waals surface area contributed by atoms with Gasteiger partial charge < -0.3 is 11.3 Å². The highest BCUT2D eigenvalue weighted by atomic mass is 15.3. The lowest BCUT2D eigenvalue weighted by Crippen LogP contribution is -2.32. The van der Waals surface area contributed by atoms with E-state index >= 15 is 0 Å². The number of nitrogens with zero attached hydrogens (tertiary/aromatic N) is 5. The summed E-state index contributed by atoms with van der Waals surface area (Å²) in [6.45, 7) is 5.04. The van der Waals surface area contributed by atoms with Gasteiger partial charge in [0, 0.05) is 30.2 Å². The zero-order valence-electron chi connectivity index (χ0n) is 18.4. The molecule has 0 aliphatic heterocycles. The molecule has 8 heteroatoms. The van der Waals surface area contributed by atoms with Crippen LogP contribution >= 0.6 is 0 Å². The van der Waals surface area contributed by atoms with Gasteiger partial charge in [0.25, 0.3) is 0 Å². The monoisotopic (exact) mass is 420 g/mol. The lowest BCUT2D eigenvalue weighted by molar-refractivity contribution is 0.611. The number of hydrazine groups is 1. The summed E-state index contributed by atoms with van der Waals surface area (Å²) in [7, 11) is 0. The Morgan fingerprint density at radius 2 is 1.84 bits per heavy atom. The summed E-state index contributed by atoms with van der Waals surface area (Å²) in [6.07, 6.45) is 8.26. The summed E-state index contributed by atoms with van der Waals surface area (Å²) < 4.78 is 2.03. The van der Waals surface area contributed by atoms with Gasteiger partial charge in [-0.2, -0.15) is 10.2 Å². The van der Waals surface area contributed by atoms with E-state index < -0.39 is 0 Å². The topological polar surface area (TPSA) is 120 Å². The molecule has 1 aromatic carbocycles. The largest absolute Gasteiger partial charge is 0.321 e. The van der Waals surface area contributed by atoms with Gasteiger partial charge in [-0.15, -0.1) is 0 Å². The lowest BCUT2D eigenvalue weighted by Gasteiger charge is -2.11. The number of benzene rings is 1. The van der Waals surface area contributed by atoms with Crippen molar-refractivity contribution in [1.29, 1.82) is 0 Å². The maximum absolute atomic E-state index is 5.56. The second kappa shape index (κ2) is 11.2. The van der Waals surface area contributed by atoms with Gasteiger partial charge in [-0.3, -0.25) is 4.98 Å². The quantitative estimate of drug-likeness (QED) is 0.201. The Kier molecular flexibility index (Phi) is 8.12. The summed E-state index contributed by atoms with van der Waals surface area (Å²) in [5.41, 5.74) is 6.15. The normalized spacial score (nSPS) is 11.6. The highest BCUT2D eigenvalue weighted by molar-refractivity contribution is 6.03. The van der Waals surface area contributed by atoms with Crippen LogP contribution in [0.25, 0.3) is 11.3 Å². The van der Waals surface area contributed by atoms with Gasteiger partial charge in [0.05, 0.1) is 12.2 Å². The Labute approximate surface area is 183 Å². The van der Waals surface area contributed by atoms with Crippen LogP contribution in [0.2, 0.25) is 0 Å². The molecule has 0 spiro atoms. The minimum Gasteiger partial charge on any atom is -0.321 e. The molecule has 3 aromatic rings. The number of pyridine rings is 1. The molecule has 8 nitrogen and oxygen atoms in total. The molecule has 2 heterocycles. The van der Waals surface area contributed by atoms with Gasteiger partial charge in [-0.25, -0.2) is 15.5 Å². The van der Waals surface area contributed by atoms with E-state index in [1.165, 1.54) is 0 Å². The van der Waals surface area contributed by atoms with Crippen molar-refractivity contribution < 1.29 is 0 Å². The first-order valence-corrected chi connectivity index (χ1v) is 10.9. The lowest BCUT2D eigenvalue weighted by atomic mass is 10.0. The molecule has 0 fully saturated rings. The molecule has 3 rings (SSSR count). The number of hydrogen-bond donors (Lipinski definition) is 3. The minimum absolute atomic E-state index is 0.407. The summed E-state index contributed by atoms with van der Waals surface area (Å²) >= 11 is 0. The summed E-state index contributed by atoms with van der Waals surface area (Å²) in [6, 6.07) is 11.8. The van der Waals surface area contributed by atoms with Crippen LogP contribution in [0.1, 0.15) is 62.3 Å². The zero-order valence-corrected chi connectivity index (χ0v) is 18.4. The van der Waals surface area contributed by atoms with Crippen molar-refractivity contribution in [2.24, 2.45) is 16.8 Å². The number of aryl methyl sites for hydroxylation is 2. The molecule has 0 saturated heterocycles. The van der Waals surface area contributed by atoms with Crippen molar-refractivity contribution >= 4 is 5.84 Å². The molecular weight excluding hydrogens is 388 g/mol. The molecule has 0 unspecified atom stereocenters. The first-order chi connectivity index (χ1) is 15.2. The number of amidine groups is 1. The van der Waals surface area contributed by atoms with Crippen LogP contribution in [0.5, 0.6) is 0 Å². The molecule has 5 N–H and O–H groups in total. The van der Waals surface area contributed by atoms with Gasteiger partial charge in [-0.05, 0) is 24.5 Å². The fourth-order valence-electron chi connectivity index (χ4n) is 3.46. The number of rotatable bonds is 10. The molecular formula is C23H32N8. The Morgan fingerprint density at radius 1 is 1.06 bits per heavy atom. The Balaban J connectivity index is 1.83. The summed E-state index contributed by atoms with van der Waals surface area (Å²) in [5.74, 6) is 13.4. The van der Waals surface area contributed by atoms with E-state index in [2.05, 4.69) is 35.4 Å². The number of hydrogen-bond acceptors (Lipinski definition) is 6. The minimum atomic E-state index is 0.407. The fourth-order valence-corrected chi connectivity index (χ4v) is 3.46. The van der Waals surface area contributed by atoms with Crippen LogP contribution in [-0.4, -0.2) is 25.6 Å². The zero-order chi connectivity index (χ0) is 22.1. The van der Waals surface area contributed by atoms with Gasteiger partial charge >= 0.3 is 0 Å². The molecule has 31 heavy (non-hydrogen) atoms. The number of nitrogens with one attached hydrogen (secondary N) is 1. The van der Waals surface area contributed by atoms with E-state index in [9.17, 15) is 0 Å². The molecule has 164 valence electrons. The van der Waals surface area contributed by atoms with E-state index in [0.717, 1.165) is 72.6 Å². The van der Waals surface area contributed by atoms with Crippen molar-refractivity contribution in [2.45, 2.75) is 58.9 Å². The predicted molar refractivity (Wildman–Crippen MR) is 124 cm³/mol. The van der Waals surface area contributed by atoms with Crippen molar-refractivity contribution in [3.05, 3.63) is 65.4 Å². The average Bonchev–Trinajstić information content (AvgIpc) is 3.19. The van der Waals surface area contributed by atoms with Crippen molar-refractivity contribution in [3.8, 4) is 11.3 Å². The molecule has 2 aromatic heterocycles. The van der Waals surface area contributed by atoms with Crippen molar-refractivity contribution in [1.82, 2.24) is 25.2 Å². The average molecular weight is 421 g/mol. The van der Waals surface area contributed by atoms with Gasteiger partial charge in [0.2, 0.25) is 0 Å². The third-order valence-electron chi connectivity index (χ3n) is 5.18. The van der Waals surface area contributed by atoms with E-state index in [4.69, 9.17) is 21.8 Å². The molecule has 0 aliphatic rings. The van der Waals surface area contributed by atoms with E-state index in [0.29, 0.717) is 12.4 Å².